The summed E-state index contributed by atoms with van der Waals surface area (Å²) in [6.45, 7) is 14.1. The zero-order valence-electron chi connectivity index (χ0n) is 10.4. The van der Waals surface area contributed by atoms with Crippen molar-refractivity contribution in [2.45, 2.75) is 48.5 Å². The molecule has 0 radical (unpaired) electrons. The number of nitrogens with one attached hydrogen (secondary N) is 1. The largest absolute Gasteiger partial charge is 0.359 e. The quantitative estimate of drug-likeness (QED) is 0.672. The molecule has 0 unspecified atom stereocenters. The average Bonchev–Trinajstić information content (AvgIpc) is 2.04. The first-order valence-corrected chi connectivity index (χ1v) is 4.95. The van der Waals surface area contributed by atoms with Crippen LogP contribution >= 0.6 is 0 Å². The molecule has 2 nitrogen and oxygen atoms in total. The average molecular weight is 187 g/mol. The van der Waals surface area contributed by atoms with Crippen molar-refractivity contribution in [1.29, 1.82) is 0 Å². The van der Waals surface area contributed by atoms with Gasteiger partial charge in [-0.05, 0) is 5.41 Å². The van der Waals surface area contributed by atoms with Gasteiger partial charge in [0.05, 0.1) is 0 Å². The Labute approximate surface area is 83.1 Å². The highest BCUT2D eigenvalue weighted by atomic mass is 16.2. The van der Waals surface area contributed by atoms with E-state index in [2.05, 4.69) is 26.1 Å². The van der Waals surface area contributed by atoms with Crippen LogP contribution in [0.4, 0.5) is 0 Å². The predicted molar refractivity (Wildman–Crippen MR) is 58.7 cm³/mol. The standard InChI is InChI=1S/C9H19NO.C2H6/c1-8(2,3)9(4,5)7(11)10-6;1-2/h1-6H3,(H,10,11);1-2H3. The molecule has 0 fully saturated rings. The fourth-order valence-electron chi connectivity index (χ4n) is 0.653. The third-order valence-corrected chi connectivity index (χ3v) is 2.67. The van der Waals surface area contributed by atoms with E-state index < -0.39 is 0 Å². The Hall–Kier alpha value is -0.530. The van der Waals surface area contributed by atoms with Crippen molar-refractivity contribution in [3.05, 3.63) is 0 Å². The van der Waals surface area contributed by atoms with Crippen LogP contribution in [0.25, 0.3) is 0 Å². The van der Waals surface area contributed by atoms with Gasteiger partial charge in [0.15, 0.2) is 0 Å². The molecular weight excluding hydrogens is 162 g/mol. The molecule has 2 heteroatoms. The van der Waals surface area contributed by atoms with E-state index in [1.807, 2.05) is 27.7 Å². The maximum absolute atomic E-state index is 11.4. The molecule has 0 saturated carbocycles. The molecule has 0 aromatic carbocycles. The molecule has 0 aliphatic heterocycles. The van der Waals surface area contributed by atoms with E-state index in [1.54, 1.807) is 7.05 Å². The summed E-state index contributed by atoms with van der Waals surface area (Å²) >= 11 is 0. The molecule has 0 aromatic heterocycles. The predicted octanol–water partition coefficient (Wildman–Crippen LogP) is 2.83. The summed E-state index contributed by atoms with van der Waals surface area (Å²) in [6.07, 6.45) is 0. The van der Waals surface area contributed by atoms with Crippen LogP contribution in [-0.4, -0.2) is 13.0 Å². The van der Waals surface area contributed by atoms with Crippen LogP contribution in [0.15, 0.2) is 0 Å². The van der Waals surface area contributed by atoms with Crippen molar-refractivity contribution < 1.29 is 4.79 Å². The fourth-order valence-corrected chi connectivity index (χ4v) is 0.653. The zero-order chi connectivity index (χ0) is 11.3. The molecule has 0 rings (SSSR count). The van der Waals surface area contributed by atoms with Gasteiger partial charge in [-0.3, -0.25) is 4.79 Å². The number of carbonyl (C=O) groups excluding carboxylic acids is 1. The van der Waals surface area contributed by atoms with Crippen LogP contribution < -0.4 is 5.32 Å². The molecule has 1 amide bonds. The summed E-state index contributed by atoms with van der Waals surface area (Å²) in [5, 5.41) is 2.67. The molecule has 0 heterocycles. The van der Waals surface area contributed by atoms with Gasteiger partial charge in [-0.1, -0.05) is 48.5 Å². The SMILES string of the molecule is CC.CNC(=O)C(C)(C)C(C)(C)C. The number of amides is 1. The third kappa shape index (κ3) is 3.79. The van der Waals surface area contributed by atoms with E-state index in [0.29, 0.717) is 0 Å². The van der Waals surface area contributed by atoms with Gasteiger partial charge in [-0.2, -0.15) is 0 Å². The molecule has 13 heavy (non-hydrogen) atoms. The Morgan fingerprint density at radius 1 is 1.00 bits per heavy atom. The first kappa shape index (κ1) is 15.0. The van der Waals surface area contributed by atoms with E-state index in [0.717, 1.165) is 0 Å². The third-order valence-electron chi connectivity index (χ3n) is 2.67. The Morgan fingerprint density at radius 3 is 1.38 bits per heavy atom. The molecule has 80 valence electrons. The first-order valence-electron chi connectivity index (χ1n) is 4.95. The van der Waals surface area contributed by atoms with E-state index in [4.69, 9.17) is 0 Å². The summed E-state index contributed by atoms with van der Waals surface area (Å²) in [6, 6.07) is 0. The van der Waals surface area contributed by atoms with Crippen molar-refractivity contribution in [2.75, 3.05) is 7.05 Å². The van der Waals surface area contributed by atoms with E-state index >= 15 is 0 Å². The van der Waals surface area contributed by atoms with E-state index in [9.17, 15) is 4.79 Å². The Balaban J connectivity index is 0. The molecule has 1 N–H and O–H groups in total. The highest BCUT2D eigenvalue weighted by Crippen LogP contribution is 2.37. The lowest BCUT2D eigenvalue weighted by Crippen LogP contribution is -2.43. The van der Waals surface area contributed by atoms with Gasteiger partial charge in [0, 0.05) is 12.5 Å². The van der Waals surface area contributed by atoms with Crippen molar-refractivity contribution >= 4 is 5.91 Å². The maximum Gasteiger partial charge on any atom is 0.225 e. The lowest BCUT2D eigenvalue weighted by atomic mass is 9.69. The second kappa shape index (κ2) is 5.25. The second-order valence-corrected chi connectivity index (χ2v) is 4.45. The van der Waals surface area contributed by atoms with Gasteiger partial charge in [-0.25, -0.2) is 0 Å². The second-order valence-electron chi connectivity index (χ2n) is 4.45. The maximum atomic E-state index is 11.4. The van der Waals surface area contributed by atoms with Crippen LogP contribution in [-0.2, 0) is 4.79 Å². The molecule has 0 spiro atoms. The van der Waals surface area contributed by atoms with E-state index in [-0.39, 0.29) is 16.7 Å². The summed E-state index contributed by atoms with van der Waals surface area (Å²) in [5.74, 6) is 0.102. The summed E-state index contributed by atoms with van der Waals surface area (Å²) in [4.78, 5) is 11.4. The molecule has 0 aliphatic carbocycles. The Morgan fingerprint density at radius 2 is 1.31 bits per heavy atom. The lowest BCUT2D eigenvalue weighted by molar-refractivity contribution is -0.134. The summed E-state index contributed by atoms with van der Waals surface area (Å²) in [5.41, 5.74) is -0.297. The van der Waals surface area contributed by atoms with Crippen LogP contribution in [0.3, 0.4) is 0 Å². The van der Waals surface area contributed by atoms with Gasteiger partial charge >= 0.3 is 0 Å². The van der Waals surface area contributed by atoms with Crippen molar-refractivity contribution in [1.82, 2.24) is 5.32 Å². The molecule has 0 saturated heterocycles. The van der Waals surface area contributed by atoms with Crippen LogP contribution in [0.5, 0.6) is 0 Å². The fraction of sp³-hybridized carbons (Fsp3) is 0.909. The zero-order valence-corrected chi connectivity index (χ0v) is 10.4. The van der Waals surface area contributed by atoms with Crippen LogP contribution in [0.2, 0.25) is 0 Å². The minimum Gasteiger partial charge on any atom is -0.359 e. The number of carbonyl (C=O) groups is 1. The minimum absolute atomic E-state index is 0.00704. The number of rotatable bonds is 1. The van der Waals surface area contributed by atoms with Crippen LogP contribution in [0.1, 0.15) is 48.5 Å². The van der Waals surface area contributed by atoms with Gasteiger partial charge in [0.2, 0.25) is 5.91 Å². The molecule has 0 aliphatic rings. The van der Waals surface area contributed by atoms with E-state index in [1.165, 1.54) is 0 Å². The molecule has 0 aromatic rings. The minimum atomic E-state index is -0.304. The first-order chi connectivity index (χ1) is 5.73. The van der Waals surface area contributed by atoms with Crippen molar-refractivity contribution in [2.24, 2.45) is 10.8 Å². The number of hydrogen-bond acceptors (Lipinski definition) is 1. The van der Waals surface area contributed by atoms with Gasteiger partial charge < -0.3 is 5.32 Å². The normalized spacial score (nSPS) is 11.4. The molecular formula is C11H25NO. The van der Waals surface area contributed by atoms with Crippen LogP contribution in [0, 0.1) is 10.8 Å². The summed E-state index contributed by atoms with van der Waals surface area (Å²) < 4.78 is 0. The topological polar surface area (TPSA) is 29.1 Å². The number of hydrogen-bond donors (Lipinski definition) is 1. The Bertz CT molecular complexity index is 154. The summed E-state index contributed by atoms with van der Waals surface area (Å²) in [7, 11) is 1.68. The molecule has 0 atom stereocenters. The lowest BCUT2D eigenvalue weighted by Gasteiger charge is -2.36. The van der Waals surface area contributed by atoms with Gasteiger partial charge in [0.25, 0.3) is 0 Å². The monoisotopic (exact) mass is 187 g/mol. The molecule has 0 bridgehead atoms. The van der Waals surface area contributed by atoms with Gasteiger partial charge in [-0.15, -0.1) is 0 Å². The van der Waals surface area contributed by atoms with Gasteiger partial charge in [0.1, 0.15) is 0 Å². The van der Waals surface area contributed by atoms with Crippen molar-refractivity contribution in [3.63, 3.8) is 0 Å². The van der Waals surface area contributed by atoms with Crippen molar-refractivity contribution in [3.8, 4) is 0 Å². The highest BCUT2D eigenvalue weighted by Gasteiger charge is 2.38. The Kier molecular flexibility index (Phi) is 6.05. The smallest absolute Gasteiger partial charge is 0.225 e. The highest BCUT2D eigenvalue weighted by molar-refractivity contribution is 5.82.